The standard InChI is InChI=1S/C36H48O14Si/c1-36(2,3)51(13,14)49-18-19-15-24(50-27-21(35(39)48-12)17-23(41-5)29(43-7)33(27)47-11)30(44-8)31(45-9)25(19)26-20(34(37)38)16-22(40-4)28(42-6)32(26)46-10/h15-17H,18H2,1-14H3,(H,37,38). The van der Waals surface area contributed by atoms with E-state index in [2.05, 4.69) is 33.9 Å². The minimum Gasteiger partial charge on any atom is -0.493 e. The van der Waals surface area contributed by atoms with Crippen molar-refractivity contribution in [1.82, 2.24) is 0 Å². The number of rotatable bonds is 16. The summed E-state index contributed by atoms with van der Waals surface area (Å²) in [5.41, 5.74) is 0.576. The zero-order chi connectivity index (χ0) is 38.4. The molecule has 0 fully saturated rings. The number of carboxylic acids is 1. The van der Waals surface area contributed by atoms with Crippen molar-refractivity contribution in [2.75, 3.05) is 64.0 Å². The topological polar surface area (TPSA) is 156 Å². The lowest BCUT2D eigenvalue weighted by Crippen LogP contribution is -2.40. The third kappa shape index (κ3) is 7.68. The lowest BCUT2D eigenvalue weighted by atomic mass is 9.92. The fourth-order valence-corrected chi connectivity index (χ4v) is 6.12. The summed E-state index contributed by atoms with van der Waals surface area (Å²) in [6, 6.07) is 4.35. The lowest BCUT2D eigenvalue weighted by Gasteiger charge is -2.36. The van der Waals surface area contributed by atoms with Gasteiger partial charge in [0.1, 0.15) is 5.56 Å². The summed E-state index contributed by atoms with van der Waals surface area (Å²) in [6.45, 7) is 10.4. The van der Waals surface area contributed by atoms with Crippen LogP contribution in [0.4, 0.5) is 0 Å². The van der Waals surface area contributed by atoms with Crippen molar-refractivity contribution in [2.45, 2.75) is 45.5 Å². The van der Waals surface area contributed by atoms with Gasteiger partial charge >= 0.3 is 11.9 Å². The monoisotopic (exact) mass is 732 g/mol. The van der Waals surface area contributed by atoms with E-state index in [4.69, 9.17) is 51.8 Å². The molecule has 0 unspecified atom stereocenters. The Kier molecular flexibility index (Phi) is 12.9. The highest BCUT2D eigenvalue weighted by molar-refractivity contribution is 6.74. The van der Waals surface area contributed by atoms with Gasteiger partial charge in [0.25, 0.3) is 0 Å². The molecular weight excluding hydrogens is 684 g/mol. The van der Waals surface area contributed by atoms with Gasteiger partial charge in [-0.3, -0.25) is 0 Å². The molecule has 0 aromatic heterocycles. The van der Waals surface area contributed by atoms with Crippen LogP contribution in [0.15, 0.2) is 18.2 Å². The normalized spacial score (nSPS) is 11.3. The summed E-state index contributed by atoms with van der Waals surface area (Å²) in [5.74, 6) is -1.26. The van der Waals surface area contributed by atoms with Crippen LogP contribution in [0.25, 0.3) is 11.1 Å². The van der Waals surface area contributed by atoms with E-state index in [1.54, 1.807) is 6.07 Å². The number of carbonyl (C=O) groups excluding carboxylic acids is 1. The van der Waals surface area contributed by atoms with Gasteiger partial charge in [-0.2, -0.15) is 0 Å². The first-order valence-electron chi connectivity index (χ1n) is 15.6. The molecule has 0 aliphatic carbocycles. The van der Waals surface area contributed by atoms with Gasteiger partial charge < -0.3 is 56.9 Å². The Morgan fingerprint density at radius 1 is 0.588 bits per heavy atom. The minimum atomic E-state index is -2.43. The maximum absolute atomic E-state index is 13.1. The molecule has 0 aliphatic heterocycles. The number of aromatic carboxylic acids is 1. The first-order chi connectivity index (χ1) is 24.0. The fourth-order valence-electron chi connectivity index (χ4n) is 5.17. The predicted octanol–water partition coefficient (Wildman–Crippen LogP) is 7.22. The number of esters is 1. The average Bonchev–Trinajstić information content (AvgIpc) is 3.10. The predicted molar refractivity (Wildman–Crippen MR) is 191 cm³/mol. The summed E-state index contributed by atoms with van der Waals surface area (Å²) in [7, 11) is 9.97. The molecule has 0 saturated heterocycles. The Balaban J connectivity index is 2.60. The molecule has 0 spiro atoms. The van der Waals surface area contributed by atoms with E-state index >= 15 is 0 Å². The van der Waals surface area contributed by atoms with Crippen molar-refractivity contribution >= 4 is 20.3 Å². The first-order valence-corrected chi connectivity index (χ1v) is 18.5. The molecular formula is C36H48O14Si. The van der Waals surface area contributed by atoms with E-state index in [-0.39, 0.29) is 91.4 Å². The molecule has 3 aromatic rings. The van der Waals surface area contributed by atoms with Gasteiger partial charge in [0.2, 0.25) is 23.0 Å². The molecule has 0 amide bonds. The van der Waals surface area contributed by atoms with Crippen molar-refractivity contribution in [3.8, 4) is 68.6 Å². The van der Waals surface area contributed by atoms with Crippen LogP contribution in [-0.2, 0) is 15.8 Å². The first kappa shape index (κ1) is 40.4. The molecule has 3 aromatic carbocycles. The number of hydrogen-bond donors (Lipinski definition) is 1. The molecule has 0 saturated carbocycles. The van der Waals surface area contributed by atoms with Crippen LogP contribution in [0.1, 0.15) is 47.1 Å². The molecule has 1 N–H and O–H groups in total. The van der Waals surface area contributed by atoms with Crippen LogP contribution in [-0.4, -0.2) is 89.4 Å². The Bertz CT molecular complexity index is 1760. The Morgan fingerprint density at radius 3 is 1.47 bits per heavy atom. The van der Waals surface area contributed by atoms with Gasteiger partial charge in [0.15, 0.2) is 42.8 Å². The second-order valence-corrected chi connectivity index (χ2v) is 17.3. The summed E-state index contributed by atoms with van der Waals surface area (Å²) >= 11 is 0. The Hall–Kier alpha value is -5.02. The lowest BCUT2D eigenvalue weighted by molar-refractivity contribution is 0.0595. The van der Waals surface area contributed by atoms with Gasteiger partial charge in [-0.15, -0.1) is 0 Å². The molecule has 0 radical (unpaired) electrons. The molecule has 3 rings (SSSR count). The molecule has 14 nitrogen and oxygen atoms in total. The van der Waals surface area contributed by atoms with Crippen molar-refractivity contribution in [3.05, 3.63) is 34.9 Å². The molecule has 15 heteroatoms. The molecule has 280 valence electrons. The smallest absolute Gasteiger partial charge is 0.341 e. The Labute approximate surface area is 299 Å². The largest absolute Gasteiger partial charge is 0.493 e. The number of hydrogen-bond acceptors (Lipinski definition) is 13. The van der Waals surface area contributed by atoms with Gasteiger partial charge in [-0.1, -0.05) is 20.8 Å². The summed E-state index contributed by atoms with van der Waals surface area (Å²) in [4.78, 5) is 26.0. The SMILES string of the molecule is COC(=O)c1cc(OC)c(OC)c(OC)c1Oc1cc(CO[Si](C)(C)C(C)(C)C)c(-c2c(C(=O)O)cc(OC)c(OC)c2OC)c(OC)c1OC. The quantitative estimate of drug-likeness (QED) is 0.116. The van der Waals surface area contributed by atoms with Crippen LogP contribution in [0, 0.1) is 0 Å². The highest BCUT2D eigenvalue weighted by Crippen LogP contribution is 2.56. The van der Waals surface area contributed by atoms with E-state index < -0.39 is 20.3 Å². The molecule has 0 aliphatic rings. The molecule has 0 atom stereocenters. The highest BCUT2D eigenvalue weighted by Gasteiger charge is 2.39. The second kappa shape index (κ2) is 16.3. The van der Waals surface area contributed by atoms with E-state index in [9.17, 15) is 14.7 Å². The maximum Gasteiger partial charge on any atom is 0.341 e. The van der Waals surface area contributed by atoms with Gasteiger partial charge in [0, 0.05) is 17.2 Å². The molecule has 0 heterocycles. The third-order valence-electron chi connectivity index (χ3n) is 8.80. The van der Waals surface area contributed by atoms with Crippen LogP contribution >= 0.6 is 0 Å². The van der Waals surface area contributed by atoms with Gasteiger partial charge in [-0.05, 0) is 35.8 Å². The number of carboxylic acid groups (broad SMARTS) is 1. The minimum absolute atomic E-state index is 0.0218. The molecule has 51 heavy (non-hydrogen) atoms. The van der Waals surface area contributed by atoms with Crippen molar-refractivity contribution in [2.24, 2.45) is 0 Å². The zero-order valence-corrected chi connectivity index (χ0v) is 32.7. The maximum atomic E-state index is 13.1. The summed E-state index contributed by atoms with van der Waals surface area (Å²) < 4.78 is 63.8. The average molecular weight is 733 g/mol. The third-order valence-corrected chi connectivity index (χ3v) is 13.3. The second-order valence-electron chi connectivity index (χ2n) is 12.5. The van der Waals surface area contributed by atoms with Crippen molar-refractivity contribution in [3.63, 3.8) is 0 Å². The van der Waals surface area contributed by atoms with E-state index in [1.807, 2.05) is 0 Å². The van der Waals surface area contributed by atoms with Crippen LogP contribution < -0.4 is 42.6 Å². The van der Waals surface area contributed by atoms with Gasteiger partial charge in [0.05, 0.1) is 76.2 Å². The number of methoxy groups -OCH3 is 9. The number of ether oxygens (including phenoxy) is 10. The van der Waals surface area contributed by atoms with Crippen LogP contribution in [0.5, 0.6) is 57.5 Å². The zero-order valence-electron chi connectivity index (χ0n) is 31.7. The molecule has 0 bridgehead atoms. The van der Waals surface area contributed by atoms with Crippen LogP contribution in [0.2, 0.25) is 18.1 Å². The van der Waals surface area contributed by atoms with Crippen LogP contribution in [0.3, 0.4) is 0 Å². The van der Waals surface area contributed by atoms with Gasteiger partial charge in [-0.25, -0.2) is 9.59 Å². The number of carbonyl (C=O) groups is 2. The van der Waals surface area contributed by atoms with Crippen molar-refractivity contribution in [1.29, 1.82) is 0 Å². The number of benzene rings is 3. The highest BCUT2D eigenvalue weighted by atomic mass is 28.4. The summed E-state index contributed by atoms with van der Waals surface area (Å²) in [6.07, 6.45) is 0. The van der Waals surface area contributed by atoms with E-state index in [1.165, 1.54) is 76.1 Å². The van der Waals surface area contributed by atoms with Crippen molar-refractivity contribution < 1.29 is 66.5 Å². The van der Waals surface area contributed by atoms with E-state index in [0.29, 0.717) is 5.56 Å². The Morgan fingerprint density at radius 2 is 1.04 bits per heavy atom. The van der Waals surface area contributed by atoms with E-state index in [0.717, 1.165) is 0 Å². The fraction of sp³-hybridized carbons (Fsp3) is 0.444. The summed E-state index contributed by atoms with van der Waals surface area (Å²) in [5, 5.41) is 10.3.